The summed E-state index contributed by atoms with van der Waals surface area (Å²) in [5, 5.41) is 6.38. The highest BCUT2D eigenvalue weighted by Crippen LogP contribution is 2.35. The third kappa shape index (κ3) is 4.24. The molecule has 0 saturated heterocycles. The van der Waals surface area contributed by atoms with Gasteiger partial charge in [-0.3, -0.25) is 0 Å². The van der Waals surface area contributed by atoms with Crippen LogP contribution in [0.1, 0.15) is 5.56 Å². The lowest BCUT2D eigenvalue weighted by Crippen LogP contribution is -2.20. The van der Waals surface area contributed by atoms with Gasteiger partial charge in [0.15, 0.2) is 5.11 Å². The summed E-state index contributed by atoms with van der Waals surface area (Å²) in [7, 11) is 3.02. The Morgan fingerprint density at radius 2 is 1.70 bits per heavy atom. The van der Waals surface area contributed by atoms with Crippen LogP contribution in [-0.4, -0.2) is 19.3 Å². The van der Waals surface area contributed by atoms with Crippen LogP contribution in [0.4, 0.5) is 15.8 Å². The van der Waals surface area contributed by atoms with Gasteiger partial charge in [0.1, 0.15) is 17.3 Å². The zero-order valence-corrected chi connectivity index (χ0v) is 14.4. The molecule has 23 heavy (non-hydrogen) atoms. The van der Waals surface area contributed by atoms with E-state index in [4.69, 9.17) is 33.3 Å². The summed E-state index contributed by atoms with van der Waals surface area (Å²) < 4.78 is 24.3. The Morgan fingerprint density at radius 1 is 1.04 bits per heavy atom. The predicted octanol–water partition coefficient (Wildman–Crippen LogP) is 4.61. The first-order valence-electron chi connectivity index (χ1n) is 6.70. The van der Waals surface area contributed by atoms with Gasteiger partial charge in [0.25, 0.3) is 0 Å². The minimum Gasteiger partial charge on any atom is -0.495 e. The van der Waals surface area contributed by atoms with Crippen molar-refractivity contribution in [3.8, 4) is 11.5 Å². The summed E-state index contributed by atoms with van der Waals surface area (Å²) in [4.78, 5) is 0. The summed E-state index contributed by atoms with van der Waals surface area (Å²) in [6.07, 6.45) is 0. The van der Waals surface area contributed by atoms with Gasteiger partial charge in [0, 0.05) is 12.1 Å². The maximum absolute atomic E-state index is 13.9. The normalized spacial score (nSPS) is 10.1. The van der Waals surface area contributed by atoms with Gasteiger partial charge < -0.3 is 20.1 Å². The van der Waals surface area contributed by atoms with E-state index in [9.17, 15) is 4.39 Å². The van der Waals surface area contributed by atoms with Crippen LogP contribution in [0.15, 0.2) is 30.3 Å². The highest BCUT2D eigenvalue weighted by molar-refractivity contribution is 7.80. The third-order valence-corrected chi connectivity index (χ3v) is 3.59. The molecule has 4 nitrogen and oxygen atoms in total. The van der Waals surface area contributed by atoms with Gasteiger partial charge in [-0.05, 0) is 36.8 Å². The molecule has 0 aliphatic rings. The lowest BCUT2D eigenvalue weighted by molar-refractivity contribution is 0.405. The Labute approximate surface area is 144 Å². The van der Waals surface area contributed by atoms with Gasteiger partial charge >= 0.3 is 0 Å². The Hall–Kier alpha value is -2.05. The van der Waals surface area contributed by atoms with Gasteiger partial charge in [0.2, 0.25) is 0 Å². The largest absolute Gasteiger partial charge is 0.495 e. The van der Waals surface area contributed by atoms with E-state index in [-0.39, 0.29) is 16.6 Å². The van der Waals surface area contributed by atoms with E-state index >= 15 is 0 Å². The fourth-order valence-corrected chi connectivity index (χ4v) is 2.41. The second kappa shape index (κ2) is 7.48. The van der Waals surface area contributed by atoms with Crippen LogP contribution in [0, 0.1) is 12.7 Å². The highest BCUT2D eigenvalue weighted by Gasteiger charge is 2.12. The first-order valence-corrected chi connectivity index (χ1v) is 7.49. The molecule has 0 atom stereocenters. The van der Waals surface area contributed by atoms with Crippen molar-refractivity contribution in [1.82, 2.24) is 0 Å². The van der Waals surface area contributed by atoms with Gasteiger partial charge in [-0.25, -0.2) is 4.39 Å². The van der Waals surface area contributed by atoms with Crippen LogP contribution in [0.3, 0.4) is 0 Å². The lowest BCUT2D eigenvalue weighted by Gasteiger charge is -2.15. The molecule has 0 amide bonds. The number of benzene rings is 2. The van der Waals surface area contributed by atoms with Crippen LogP contribution in [0.25, 0.3) is 0 Å². The van der Waals surface area contributed by atoms with E-state index in [0.29, 0.717) is 22.2 Å². The van der Waals surface area contributed by atoms with Crippen LogP contribution in [0.2, 0.25) is 5.02 Å². The van der Waals surface area contributed by atoms with Crippen molar-refractivity contribution < 1.29 is 13.9 Å². The molecule has 0 aromatic heterocycles. The van der Waals surface area contributed by atoms with Crippen LogP contribution >= 0.6 is 23.8 Å². The molecule has 2 rings (SSSR count). The quantitative estimate of drug-likeness (QED) is 0.784. The minimum atomic E-state index is -0.380. The number of hydrogen-bond acceptors (Lipinski definition) is 3. The molecule has 0 unspecified atom stereocenters. The molecule has 0 fully saturated rings. The van der Waals surface area contributed by atoms with Crippen molar-refractivity contribution in [3.63, 3.8) is 0 Å². The van der Waals surface area contributed by atoms with E-state index < -0.39 is 0 Å². The number of halogens is 2. The number of anilines is 2. The predicted molar refractivity (Wildman–Crippen MR) is 95.5 cm³/mol. The van der Waals surface area contributed by atoms with Crippen molar-refractivity contribution >= 4 is 40.3 Å². The number of thiocarbonyl (C=S) groups is 1. The molecule has 2 aromatic carbocycles. The molecule has 122 valence electrons. The molecular formula is C16H16ClFN2O2S. The lowest BCUT2D eigenvalue weighted by atomic mass is 10.2. The topological polar surface area (TPSA) is 42.5 Å². The second-order valence-electron chi connectivity index (χ2n) is 4.75. The zero-order valence-electron chi connectivity index (χ0n) is 12.9. The van der Waals surface area contributed by atoms with Crippen molar-refractivity contribution in [2.24, 2.45) is 0 Å². The maximum atomic E-state index is 13.9. The van der Waals surface area contributed by atoms with E-state index in [2.05, 4.69) is 10.6 Å². The molecule has 2 aromatic rings. The number of nitrogens with one attached hydrogen (secondary N) is 2. The van der Waals surface area contributed by atoms with Gasteiger partial charge in [-0.15, -0.1) is 0 Å². The van der Waals surface area contributed by atoms with Crippen molar-refractivity contribution in [2.75, 3.05) is 24.9 Å². The fourth-order valence-electron chi connectivity index (χ4n) is 1.96. The molecule has 0 bridgehead atoms. The number of rotatable bonds is 4. The molecule has 0 aliphatic carbocycles. The number of hydrogen-bond donors (Lipinski definition) is 2. The fraction of sp³-hybridized carbons (Fsp3) is 0.188. The van der Waals surface area contributed by atoms with Crippen LogP contribution in [-0.2, 0) is 0 Å². The minimum absolute atomic E-state index is 0.218. The summed E-state index contributed by atoms with van der Waals surface area (Å²) in [5.41, 5.74) is 1.67. The van der Waals surface area contributed by atoms with Gasteiger partial charge in [-0.2, -0.15) is 0 Å². The molecule has 0 spiro atoms. The Morgan fingerprint density at radius 3 is 2.30 bits per heavy atom. The summed E-state index contributed by atoms with van der Waals surface area (Å²) in [6.45, 7) is 1.81. The number of ether oxygens (including phenoxy) is 2. The SMILES string of the molecule is COc1cc(NC(=S)Nc2ccc(C)cc2F)c(OC)cc1Cl. The second-order valence-corrected chi connectivity index (χ2v) is 5.56. The molecular weight excluding hydrogens is 339 g/mol. The Bertz CT molecular complexity index is 740. The standard InChI is InChI=1S/C16H16ClFN2O2S/c1-9-4-5-12(11(18)6-9)19-16(23)20-13-8-14(21-2)10(17)7-15(13)22-3/h4-8H,1-3H3,(H2,19,20,23). The maximum Gasteiger partial charge on any atom is 0.175 e. The van der Waals surface area contributed by atoms with Crippen LogP contribution < -0.4 is 20.1 Å². The van der Waals surface area contributed by atoms with Crippen LogP contribution in [0.5, 0.6) is 11.5 Å². The van der Waals surface area contributed by atoms with Crippen molar-refractivity contribution in [3.05, 3.63) is 46.7 Å². The molecule has 2 N–H and O–H groups in total. The smallest absolute Gasteiger partial charge is 0.175 e. The molecule has 0 aliphatic heterocycles. The molecule has 0 heterocycles. The molecule has 0 radical (unpaired) electrons. The monoisotopic (exact) mass is 354 g/mol. The first kappa shape index (κ1) is 17.3. The summed E-state index contributed by atoms with van der Waals surface area (Å²) in [5.74, 6) is 0.582. The van der Waals surface area contributed by atoms with Crippen molar-refractivity contribution in [2.45, 2.75) is 6.92 Å². The molecule has 7 heteroatoms. The molecule has 0 saturated carbocycles. The van der Waals surface area contributed by atoms with E-state index in [1.165, 1.54) is 20.3 Å². The third-order valence-electron chi connectivity index (χ3n) is 3.09. The van der Waals surface area contributed by atoms with Crippen molar-refractivity contribution in [1.29, 1.82) is 0 Å². The highest BCUT2D eigenvalue weighted by atomic mass is 35.5. The number of aryl methyl sites for hydroxylation is 1. The first-order chi connectivity index (χ1) is 10.9. The average molecular weight is 355 g/mol. The van der Waals surface area contributed by atoms with E-state index in [1.54, 1.807) is 24.3 Å². The Balaban J connectivity index is 2.19. The zero-order chi connectivity index (χ0) is 17.0. The van der Waals surface area contributed by atoms with Gasteiger partial charge in [-0.1, -0.05) is 17.7 Å². The summed E-state index contributed by atoms with van der Waals surface area (Å²) >= 11 is 11.3. The summed E-state index contributed by atoms with van der Waals surface area (Å²) in [6, 6.07) is 8.10. The average Bonchev–Trinajstić information content (AvgIpc) is 2.51. The van der Waals surface area contributed by atoms with Gasteiger partial charge in [0.05, 0.1) is 30.6 Å². The Kier molecular flexibility index (Phi) is 5.63. The number of methoxy groups -OCH3 is 2. The van der Waals surface area contributed by atoms with E-state index in [1.807, 2.05) is 6.92 Å². The van der Waals surface area contributed by atoms with E-state index in [0.717, 1.165) is 5.56 Å².